The standard InChI is InChI=1S/C19H13BrClN3O4/c1-28-19(27)15-14-16(24(22-15)13-5-3-2-4-12(13)21)18(26)23(17(14)25)11-8-6-10(20)7-9-11/h2-9,14,16H,1H3. The number of halogens is 2. The predicted octanol–water partition coefficient (Wildman–Crippen LogP) is 3.01. The Labute approximate surface area is 173 Å². The van der Waals surface area contributed by atoms with Crippen molar-refractivity contribution in [2.24, 2.45) is 11.0 Å². The van der Waals surface area contributed by atoms with Gasteiger partial charge >= 0.3 is 5.97 Å². The van der Waals surface area contributed by atoms with E-state index in [1.165, 1.54) is 12.1 Å². The Balaban J connectivity index is 1.82. The van der Waals surface area contributed by atoms with Gasteiger partial charge in [-0.15, -0.1) is 0 Å². The molecule has 2 amide bonds. The second-order valence-electron chi connectivity index (χ2n) is 6.18. The number of carbonyl (C=O) groups excluding carboxylic acids is 3. The summed E-state index contributed by atoms with van der Waals surface area (Å²) in [5.74, 6) is -2.85. The molecule has 7 nitrogen and oxygen atoms in total. The highest BCUT2D eigenvalue weighted by atomic mass is 79.9. The van der Waals surface area contributed by atoms with Crippen LogP contribution < -0.4 is 9.91 Å². The number of rotatable bonds is 3. The summed E-state index contributed by atoms with van der Waals surface area (Å²) in [4.78, 5) is 39.7. The number of methoxy groups -OCH3 is 1. The van der Waals surface area contributed by atoms with Gasteiger partial charge in [0, 0.05) is 4.47 Å². The summed E-state index contributed by atoms with van der Waals surface area (Å²) in [6.45, 7) is 0. The number of ether oxygens (including phenoxy) is 1. The first-order valence-corrected chi connectivity index (χ1v) is 9.45. The van der Waals surface area contributed by atoms with Crippen LogP contribution in [-0.4, -0.2) is 36.6 Å². The summed E-state index contributed by atoms with van der Waals surface area (Å²) in [6, 6.07) is 12.5. The Hall–Kier alpha value is -2.71. The van der Waals surface area contributed by atoms with E-state index >= 15 is 0 Å². The molecule has 0 spiro atoms. The molecule has 2 heterocycles. The van der Waals surface area contributed by atoms with E-state index in [4.69, 9.17) is 16.3 Å². The van der Waals surface area contributed by atoms with Gasteiger partial charge in [0.05, 0.1) is 23.5 Å². The summed E-state index contributed by atoms with van der Waals surface area (Å²) in [6.07, 6.45) is 0. The molecular formula is C19H13BrClN3O4. The molecule has 9 heteroatoms. The zero-order chi connectivity index (χ0) is 20.0. The number of para-hydroxylation sites is 1. The number of fused-ring (bicyclic) bond motifs is 1. The largest absolute Gasteiger partial charge is 0.464 e. The molecule has 0 aliphatic carbocycles. The van der Waals surface area contributed by atoms with Crippen molar-refractivity contribution in [1.82, 2.24) is 0 Å². The van der Waals surface area contributed by atoms with Crippen molar-refractivity contribution in [3.63, 3.8) is 0 Å². The maximum atomic E-state index is 13.2. The summed E-state index contributed by atoms with van der Waals surface area (Å²) in [5.41, 5.74) is 0.721. The van der Waals surface area contributed by atoms with E-state index < -0.39 is 29.7 Å². The Bertz CT molecular complexity index is 1020. The molecule has 1 fully saturated rings. The van der Waals surface area contributed by atoms with Gasteiger partial charge in [0.1, 0.15) is 12.0 Å². The van der Waals surface area contributed by atoms with Crippen molar-refractivity contribution >= 4 is 62.4 Å². The van der Waals surface area contributed by atoms with Crippen LogP contribution in [-0.2, 0) is 19.1 Å². The maximum absolute atomic E-state index is 13.2. The number of hydrazone groups is 1. The topological polar surface area (TPSA) is 79.3 Å². The second-order valence-corrected chi connectivity index (χ2v) is 7.51. The van der Waals surface area contributed by atoms with Crippen LogP contribution in [0.2, 0.25) is 5.02 Å². The lowest BCUT2D eigenvalue weighted by Gasteiger charge is -2.22. The highest BCUT2D eigenvalue weighted by Gasteiger charge is 2.59. The summed E-state index contributed by atoms with van der Waals surface area (Å²) in [5, 5.41) is 5.91. The molecule has 142 valence electrons. The van der Waals surface area contributed by atoms with E-state index in [-0.39, 0.29) is 5.71 Å². The number of anilines is 2. The molecule has 0 N–H and O–H groups in total. The van der Waals surface area contributed by atoms with Crippen molar-refractivity contribution < 1.29 is 19.1 Å². The van der Waals surface area contributed by atoms with Crippen LogP contribution in [0.4, 0.5) is 11.4 Å². The number of benzene rings is 2. The quantitative estimate of drug-likeness (QED) is 0.517. The molecule has 2 aromatic rings. The smallest absolute Gasteiger partial charge is 0.355 e. The molecule has 1 saturated heterocycles. The number of carbonyl (C=O) groups is 3. The first-order chi connectivity index (χ1) is 13.4. The molecular weight excluding hydrogens is 450 g/mol. The molecule has 0 bridgehead atoms. The molecule has 28 heavy (non-hydrogen) atoms. The number of imide groups is 1. The van der Waals surface area contributed by atoms with E-state index in [0.717, 1.165) is 9.37 Å². The fraction of sp³-hybridized carbons (Fsp3) is 0.158. The Kier molecular flexibility index (Phi) is 4.68. The van der Waals surface area contributed by atoms with Crippen molar-refractivity contribution in [1.29, 1.82) is 0 Å². The van der Waals surface area contributed by atoms with Crippen molar-refractivity contribution in [2.45, 2.75) is 6.04 Å². The van der Waals surface area contributed by atoms with E-state index in [0.29, 0.717) is 16.4 Å². The molecule has 0 radical (unpaired) electrons. The van der Waals surface area contributed by atoms with Gasteiger partial charge in [-0.05, 0) is 36.4 Å². The average Bonchev–Trinajstić information content (AvgIpc) is 3.20. The maximum Gasteiger partial charge on any atom is 0.355 e. The van der Waals surface area contributed by atoms with E-state index in [1.807, 2.05) is 0 Å². The normalized spacial score (nSPS) is 21.0. The average molecular weight is 463 g/mol. The van der Waals surface area contributed by atoms with Gasteiger partial charge in [-0.25, -0.2) is 14.7 Å². The van der Waals surface area contributed by atoms with Gasteiger partial charge in [0.2, 0.25) is 5.91 Å². The fourth-order valence-corrected chi connectivity index (χ4v) is 3.86. The molecule has 2 atom stereocenters. The third-order valence-corrected chi connectivity index (χ3v) is 5.48. The lowest BCUT2D eigenvalue weighted by atomic mass is 9.98. The Morgan fingerprint density at radius 1 is 1.11 bits per heavy atom. The van der Waals surface area contributed by atoms with Gasteiger partial charge in [-0.2, -0.15) is 5.10 Å². The van der Waals surface area contributed by atoms with Crippen LogP contribution in [0.1, 0.15) is 0 Å². The molecule has 0 aromatic heterocycles. The van der Waals surface area contributed by atoms with Gasteiger partial charge in [-0.1, -0.05) is 39.7 Å². The highest BCUT2D eigenvalue weighted by Crippen LogP contribution is 2.40. The molecule has 2 aliphatic rings. The molecule has 4 rings (SSSR count). The van der Waals surface area contributed by atoms with Crippen molar-refractivity contribution in [3.8, 4) is 0 Å². The molecule has 2 unspecified atom stereocenters. The minimum absolute atomic E-state index is 0.120. The van der Waals surface area contributed by atoms with Crippen molar-refractivity contribution in [2.75, 3.05) is 17.0 Å². The van der Waals surface area contributed by atoms with Crippen LogP contribution in [0.25, 0.3) is 0 Å². The molecule has 0 saturated carbocycles. The van der Waals surface area contributed by atoms with Crippen molar-refractivity contribution in [3.05, 3.63) is 58.0 Å². The fourth-order valence-electron chi connectivity index (χ4n) is 3.37. The molecule has 2 aromatic carbocycles. The number of esters is 1. The second kappa shape index (κ2) is 7.03. The van der Waals surface area contributed by atoms with Crippen LogP contribution in [0.15, 0.2) is 58.1 Å². The third-order valence-electron chi connectivity index (χ3n) is 4.63. The zero-order valence-corrected chi connectivity index (χ0v) is 16.8. The zero-order valence-electron chi connectivity index (χ0n) is 14.5. The number of nitrogens with zero attached hydrogens (tertiary/aromatic N) is 3. The first kappa shape index (κ1) is 18.6. The van der Waals surface area contributed by atoms with Gasteiger partial charge in [-0.3, -0.25) is 9.59 Å². The predicted molar refractivity (Wildman–Crippen MR) is 107 cm³/mol. The summed E-state index contributed by atoms with van der Waals surface area (Å²) in [7, 11) is 1.20. The lowest BCUT2D eigenvalue weighted by Crippen LogP contribution is -2.39. The van der Waals surface area contributed by atoms with Crippen LogP contribution in [0.5, 0.6) is 0 Å². The van der Waals surface area contributed by atoms with E-state index in [9.17, 15) is 14.4 Å². The van der Waals surface area contributed by atoms with Gasteiger partial charge in [0.25, 0.3) is 5.91 Å². The number of hydrogen-bond donors (Lipinski definition) is 0. The van der Waals surface area contributed by atoms with Gasteiger partial charge < -0.3 is 4.74 Å². The Morgan fingerprint density at radius 3 is 2.43 bits per heavy atom. The summed E-state index contributed by atoms with van der Waals surface area (Å²) >= 11 is 9.60. The van der Waals surface area contributed by atoms with Crippen LogP contribution in [0, 0.1) is 5.92 Å². The molecule has 2 aliphatic heterocycles. The minimum Gasteiger partial charge on any atom is -0.464 e. The van der Waals surface area contributed by atoms with E-state index in [2.05, 4.69) is 21.0 Å². The Morgan fingerprint density at radius 2 is 1.79 bits per heavy atom. The van der Waals surface area contributed by atoms with E-state index in [1.54, 1.807) is 48.5 Å². The van der Waals surface area contributed by atoms with Crippen LogP contribution >= 0.6 is 27.5 Å². The number of hydrogen-bond acceptors (Lipinski definition) is 6. The highest BCUT2D eigenvalue weighted by molar-refractivity contribution is 9.10. The monoisotopic (exact) mass is 461 g/mol. The SMILES string of the molecule is COC(=O)C1=NN(c2ccccc2Cl)C2C(=O)N(c3ccc(Br)cc3)C(=O)C12. The third kappa shape index (κ3) is 2.80. The lowest BCUT2D eigenvalue weighted by molar-refractivity contribution is -0.133. The van der Waals surface area contributed by atoms with Crippen LogP contribution in [0.3, 0.4) is 0 Å². The first-order valence-electron chi connectivity index (χ1n) is 8.28. The van der Waals surface area contributed by atoms with Gasteiger partial charge in [0.15, 0.2) is 5.71 Å². The summed E-state index contributed by atoms with van der Waals surface area (Å²) < 4.78 is 5.59. The minimum atomic E-state index is -1.07. The number of amides is 2.